The Labute approximate surface area is 75.5 Å². The molecule has 0 radical (unpaired) electrons. The molecule has 1 aromatic rings. The third-order valence-electron chi connectivity index (χ3n) is 1.29. The molecule has 1 rings (SSSR count). The number of nitrogens with two attached hydrogens (primary N) is 1. The first kappa shape index (κ1) is 8.65. The summed E-state index contributed by atoms with van der Waals surface area (Å²) in [5, 5.41) is 2.51. The molecule has 0 aliphatic carbocycles. The molecule has 0 bridgehead atoms. The number of para-hydroxylation sites is 1. The molecule has 0 fully saturated rings. The topological polar surface area (TPSA) is 29.3 Å². The zero-order valence-corrected chi connectivity index (χ0v) is 7.52. The number of rotatable bonds is 1. The Balaban J connectivity index is 3.21. The Kier molecular flexibility index (Phi) is 2.60. The Morgan fingerprint density at radius 3 is 2.00 bits per heavy atom. The average molecular weight is 191 g/mol. The van der Waals surface area contributed by atoms with E-state index < -0.39 is 0 Å². The molecule has 0 saturated heterocycles. The fourth-order valence-electron chi connectivity index (χ4n) is 0.826. The number of hydrazine groups is 1. The molecular formula is C7H8Cl2N2. The van der Waals surface area contributed by atoms with Gasteiger partial charge in [0.05, 0.1) is 15.7 Å². The van der Waals surface area contributed by atoms with Gasteiger partial charge in [0.15, 0.2) is 0 Å². The van der Waals surface area contributed by atoms with Crippen molar-refractivity contribution in [2.75, 3.05) is 12.1 Å². The monoisotopic (exact) mass is 190 g/mol. The van der Waals surface area contributed by atoms with Crippen LogP contribution >= 0.6 is 23.2 Å². The molecule has 0 amide bonds. The SMILES string of the molecule is CN(N)c1c(Cl)cccc1Cl. The van der Waals surface area contributed by atoms with Crippen LogP contribution in [0.15, 0.2) is 18.2 Å². The highest BCUT2D eigenvalue weighted by atomic mass is 35.5. The third-order valence-corrected chi connectivity index (χ3v) is 1.90. The fraction of sp³-hybridized carbons (Fsp3) is 0.143. The van der Waals surface area contributed by atoms with Crippen molar-refractivity contribution in [3.8, 4) is 0 Å². The van der Waals surface area contributed by atoms with Gasteiger partial charge in [-0.25, -0.2) is 5.84 Å². The summed E-state index contributed by atoms with van der Waals surface area (Å²) in [5.41, 5.74) is 0.649. The van der Waals surface area contributed by atoms with Gasteiger partial charge in [-0.15, -0.1) is 0 Å². The summed E-state index contributed by atoms with van der Waals surface area (Å²) in [6.45, 7) is 0. The summed E-state index contributed by atoms with van der Waals surface area (Å²) < 4.78 is 0. The van der Waals surface area contributed by atoms with Gasteiger partial charge in [-0.2, -0.15) is 0 Å². The maximum Gasteiger partial charge on any atom is 0.0887 e. The van der Waals surface area contributed by atoms with E-state index in [9.17, 15) is 0 Å². The van der Waals surface area contributed by atoms with E-state index in [2.05, 4.69) is 0 Å². The minimum Gasteiger partial charge on any atom is -0.311 e. The summed E-state index contributed by atoms with van der Waals surface area (Å²) in [6, 6.07) is 5.26. The molecule has 0 aliphatic rings. The van der Waals surface area contributed by atoms with E-state index in [1.807, 2.05) is 0 Å². The normalized spacial score (nSPS) is 9.82. The van der Waals surface area contributed by atoms with E-state index in [-0.39, 0.29) is 0 Å². The lowest BCUT2D eigenvalue weighted by Gasteiger charge is -2.14. The van der Waals surface area contributed by atoms with Crippen LogP contribution in [0.2, 0.25) is 10.0 Å². The van der Waals surface area contributed by atoms with E-state index in [1.165, 1.54) is 5.01 Å². The predicted octanol–water partition coefficient (Wildman–Crippen LogP) is 2.30. The van der Waals surface area contributed by atoms with Crippen LogP contribution in [0, 0.1) is 0 Å². The van der Waals surface area contributed by atoms with Gasteiger partial charge in [-0.3, -0.25) is 0 Å². The van der Waals surface area contributed by atoms with Crippen LogP contribution in [0.1, 0.15) is 0 Å². The molecule has 0 aromatic heterocycles. The highest BCUT2D eigenvalue weighted by molar-refractivity contribution is 6.39. The minimum absolute atomic E-state index is 0.558. The largest absolute Gasteiger partial charge is 0.311 e. The first-order chi connectivity index (χ1) is 5.13. The molecule has 0 saturated carbocycles. The highest BCUT2D eigenvalue weighted by Gasteiger charge is 2.06. The smallest absolute Gasteiger partial charge is 0.0887 e. The van der Waals surface area contributed by atoms with Crippen LogP contribution in [0.25, 0.3) is 0 Å². The van der Waals surface area contributed by atoms with Gasteiger partial charge in [0.25, 0.3) is 0 Å². The second kappa shape index (κ2) is 3.30. The zero-order chi connectivity index (χ0) is 8.43. The molecule has 0 aliphatic heterocycles. The maximum absolute atomic E-state index is 5.82. The van der Waals surface area contributed by atoms with Crippen LogP contribution in [0.3, 0.4) is 0 Å². The number of benzene rings is 1. The maximum atomic E-state index is 5.82. The molecule has 1 aromatic carbocycles. The summed E-state index contributed by atoms with van der Waals surface area (Å²) >= 11 is 11.6. The van der Waals surface area contributed by atoms with Crippen LogP contribution < -0.4 is 10.9 Å². The number of hydrogen-bond acceptors (Lipinski definition) is 2. The van der Waals surface area contributed by atoms with E-state index in [1.54, 1.807) is 25.2 Å². The van der Waals surface area contributed by atoms with Crippen molar-refractivity contribution in [3.63, 3.8) is 0 Å². The Bertz CT molecular complexity index is 240. The van der Waals surface area contributed by atoms with Gasteiger partial charge >= 0.3 is 0 Å². The van der Waals surface area contributed by atoms with Crippen molar-refractivity contribution < 1.29 is 0 Å². The molecule has 4 heteroatoms. The van der Waals surface area contributed by atoms with E-state index in [0.717, 1.165) is 0 Å². The number of anilines is 1. The van der Waals surface area contributed by atoms with Gasteiger partial charge in [-0.1, -0.05) is 29.3 Å². The second-order valence-corrected chi connectivity index (χ2v) is 3.00. The first-order valence-corrected chi connectivity index (χ1v) is 3.81. The Morgan fingerprint density at radius 1 is 1.27 bits per heavy atom. The van der Waals surface area contributed by atoms with Crippen molar-refractivity contribution in [3.05, 3.63) is 28.2 Å². The van der Waals surface area contributed by atoms with Crippen LogP contribution in [0.4, 0.5) is 5.69 Å². The van der Waals surface area contributed by atoms with Gasteiger partial charge in [0.1, 0.15) is 0 Å². The van der Waals surface area contributed by atoms with Crippen molar-refractivity contribution >= 4 is 28.9 Å². The Hall–Kier alpha value is -0.440. The lowest BCUT2D eigenvalue weighted by atomic mass is 10.3. The van der Waals surface area contributed by atoms with Crippen molar-refractivity contribution in [1.82, 2.24) is 0 Å². The van der Waals surface area contributed by atoms with Gasteiger partial charge in [0, 0.05) is 7.05 Å². The van der Waals surface area contributed by atoms with Crippen molar-refractivity contribution in [1.29, 1.82) is 0 Å². The van der Waals surface area contributed by atoms with Crippen LogP contribution in [0.5, 0.6) is 0 Å². The molecule has 2 N–H and O–H groups in total. The van der Waals surface area contributed by atoms with Crippen LogP contribution in [-0.4, -0.2) is 7.05 Å². The average Bonchev–Trinajstić information content (AvgIpc) is 1.85. The van der Waals surface area contributed by atoms with Crippen molar-refractivity contribution in [2.45, 2.75) is 0 Å². The molecule has 0 atom stereocenters. The second-order valence-electron chi connectivity index (χ2n) is 2.18. The lowest BCUT2D eigenvalue weighted by molar-refractivity contribution is 1.02. The summed E-state index contributed by atoms with van der Waals surface area (Å²) in [7, 11) is 1.69. The quantitative estimate of drug-likeness (QED) is 0.545. The first-order valence-electron chi connectivity index (χ1n) is 3.05. The summed E-state index contributed by atoms with van der Waals surface area (Å²) in [5.74, 6) is 5.48. The van der Waals surface area contributed by atoms with Gasteiger partial charge < -0.3 is 5.01 Å². The minimum atomic E-state index is 0.558. The fourth-order valence-corrected chi connectivity index (χ4v) is 1.49. The van der Waals surface area contributed by atoms with Crippen LogP contribution in [-0.2, 0) is 0 Å². The summed E-state index contributed by atoms with van der Waals surface area (Å²) in [6.07, 6.45) is 0. The predicted molar refractivity (Wildman–Crippen MR) is 49.1 cm³/mol. The standard InChI is InChI=1S/C7H8Cl2N2/c1-11(10)7-5(8)3-2-4-6(7)9/h2-4H,10H2,1H3. The highest BCUT2D eigenvalue weighted by Crippen LogP contribution is 2.30. The number of hydrogen-bond donors (Lipinski definition) is 1. The van der Waals surface area contributed by atoms with E-state index >= 15 is 0 Å². The van der Waals surface area contributed by atoms with Gasteiger partial charge in [-0.05, 0) is 12.1 Å². The molecular weight excluding hydrogens is 183 g/mol. The molecule has 11 heavy (non-hydrogen) atoms. The Morgan fingerprint density at radius 2 is 1.73 bits per heavy atom. The van der Waals surface area contributed by atoms with E-state index in [4.69, 9.17) is 29.0 Å². The summed E-state index contributed by atoms with van der Waals surface area (Å²) in [4.78, 5) is 0. The van der Waals surface area contributed by atoms with E-state index in [0.29, 0.717) is 15.7 Å². The zero-order valence-electron chi connectivity index (χ0n) is 6.01. The third kappa shape index (κ3) is 1.77. The molecule has 2 nitrogen and oxygen atoms in total. The van der Waals surface area contributed by atoms with Gasteiger partial charge in [0.2, 0.25) is 0 Å². The molecule has 0 unspecified atom stereocenters. The van der Waals surface area contributed by atoms with Crippen molar-refractivity contribution in [2.24, 2.45) is 5.84 Å². The molecule has 0 spiro atoms. The molecule has 60 valence electrons. The number of halogens is 2. The lowest BCUT2D eigenvalue weighted by Crippen LogP contribution is -2.25. The number of nitrogens with zero attached hydrogens (tertiary/aromatic N) is 1. The molecule has 0 heterocycles.